The van der Waals surface area contributed by atoms with Gasteiger partial charge >= 0.3 is 5.97 Å². The van der Waals surface area contributed by atoms with E-state index in [1.54, 1.807) is 20.1 Å². The van der Waals surface area contributed by atoms with Crippen molar-refractivity contribution in [1.82, 2.24) is 4.90 Å². The van der Waals surface area contributed by atoms with Gasteiger partial charge in [0.15, 0.2) is 0 Å². The van der Waals surface area contributed by atoms with Crippen LogP contribution in [-0.4, -0.2) is 35.0 Å². The Labute approximate surface area is 194 Å². The molecule has 170 valence electrons. The fourth-order valence-electron chi connectivity index (χ4n) is 4.80. The van der Waals surface area contributed by atoms with Gasteiger partial charge in [0.25, 0.3) is 0 Å². The molecule has 0 spiro atoms. The number of nitrogens with zero attached hydrogens (tertiary/aromatic N) is 1. The Kier molecular flexibility index (Phi) is 6.50. The van der Waals surface area contributed by atoms with E-state index >= 15 is 0 Å². The van der Waals surface area contributed by atoms with Crippen LogP contribution >= 0.6 is 0 Å². The molecule has 0 unspecified atom stereocenters. The zero-order valence-electron chi connectivity index (χ0n) is 19.3. The summed E-state index contributed by atoms with van der Waals surface area (Å²) in [6.07, 6.45) is 1.65. The van der Waals surface area contributed by atoms with Crippen LogP contribution in [0.3, 0.4) is 0 Å². The molecule has 1 aliphatic rings. The van der Waals surface area contributed by atoms with Crippen LogP contribution in [0.1, 0.15) is 34.7 Å². The monoisotopic (exact) mass is 443 g/mol. The molecule has 1 N–H and O–H groups in total. The maximum atomic E-state index is 12.8. The fourth-order valence-corrected chi connectivity index (χ4v) is 4.80. The van der Waals surface area contributed by atoms with Gasteiger partial charge in [-0.05, 0) is 59.7 Å². The maximum Gasteiger partial charge on any atom is 0.307 e. The van der Waals surface area contributed by atoms with Gasteiger partial charge in [0.05, 0.1) is 13.5 Å². The summed E-state index contributed by atoms with van der Waals surface area (Å²) in [4.78, 5) is 26.0. The van der Waals surface area contributed by atoms with Gasteiger partial charge in [0, 0.05) is 25.1 Å². The van der Waals surface area contributed by atoms with Crippen molar-refractivity contribution in [3.63, 3.8) is 0 Å². The number of amides is 1. The number of carbonyl (C=O) groups excluding carboxylic acids is 1. The normalized spacial score (nSPS) is 12.9. The summed E-state index contributed by atoms with van der Waals surface area (Å²) in [6, 6.07) is 20.2. The number of aryl methyl sites for hydroxylation is 1. The summed E-state index contributed by atoms with van der Waals surface area (Å²) in [6.45, 7) is 4.15. The molecule has 0 radical (unpaired) electrons. The van der Waals surface area contributed by atoms with Gasteiger partial charge in [0.1, 0.15) is 5.75 Å². The number of rotatable bonds is 7. The predicted octanol–water partition coefficient (Wildman–Crippen LogP) is 4.81. The van der Waals surface area contributed by atoms with Crippen LogP contribution in [0.4, 0.5) is 0 Å². The lowest BCUT2D eigenvalue weighted by Crippen LogP contribution is -2.39. The first-order valence-corrected chi connectivity index (χ1v) is 11.2. The molecule has 0 heterocycles. The van der Waals surface area contributed by atoms with Crippen molar-refractivity contribution in [1.29, 1.82) is 0 Å². The molecular weight excluding hydrogens is 414 g/mol. The van der Waals surface area contributed by atoms with E-state index in [1.807, 2.05) is 48.2 Å². The summed E-state index contributed by atoms with van der Waals surface area (Å²) >= 11 is 0. The highest BCUT2D eigenvalue weighted by Gasteiger charge is 2.29. The first kappa shape index (κ1) is 22.6. The first-order chi connectivity index (χ1) is 15.9. The third kappa shape index (κ3) is 4.92. The second-order valence-corrected chi connectivity index (χ2v) is 8.74. The van der Waals surface area contributed by atoms with Crippen LogP contribution in [0.25, 0.3) is 11.1 Å². The molecule has 0 saturated heterocycles. The minimum atomic E-state index is -0.876. The number of ether oxygens (including phenoxy) is 1. The van der Waals surface area contributed by atoms with Crippen LogP contribution in [0, 0.1) is 6.92 Å². The minimum absolute atomic E-state index is 0.0480. The number of carboxylic acids is 1. The van der Waals surface area contributed by atoms with Crippen LogP contribution in [0.15, 0.2) is 60.7 Å². The number of fused-ring (bicyclic) bond motifs is 1. The van der Waals surface area contributed by atoms with E-state index in [-0.39, 0.29) is 18.4 Å². The highest BCUT2D eigenvalue weighted by atomic mass is 16.5. The average Bonchev–Trinajstić information content (AvgIpc) is 3.20. The lowest BCUT2D eigenvalue weighted by molar-refractivity contribution is -0.136. The van der Waals surface area contributed by atoms with E-state index in [0.29, 0.717) is 17.9 Å². The standard InChI is InChI=1S/C28H29NO4/c1-18-8-10-25(26-13-20(14-28(31)32)9-11-27(26)33-3)23(12-18)17-29(19(2)30)24-15-21-6-4-5-7-22(21)16-24/h4-13,24H,14-17H2,1-3H3,(H,31,32). The molecule has 1 amide bonds. The molecule has 4 rings (SSSR count). The fraction of sp³-hybridized carbons (Fsp3) is 0.286. The Bertz CT molecular complexity index is 1180. The SMILES string of the molecule is COc1ccc(CC(=O)O)cc1-c1ccc(C)cc1CN(C(C)=O)C1Cc2ccccc2C1. The predicted molar refractivity (Wildman–Crippen MR) is 128 cm³/mol. The van der Waals surface area contributed by atoms with Crippen molar-refractivity contribution in [3.8, 4) is 16.9 Å². The molecule has 0 fully saturated rings. The van der Waals surface area contributed by atoms with Crippen molar-refractivity contribution in [2.75, 3.05) is 7.11 Å². The van der Waals surface area contributed by atoms with Gasteiger partial charge in [-0.2, -0.15) is 0 Å². The summed E-state index contributed by atoms with van der Waals surface area (Å²) < 4.78 is 5.61. The molecular formula is C28H29NO4. The number of aliphatic carboxylic acids is 1. The smallest absolute Gasteiger partial charge is 0.307 e. The van der Waals surface area contributed by atoms with Gasteiger partial charge in [0.2, 0.25) is 5.91 Å². The molecule has 0 bridgehead atoms. The number of benzene rings is 3. The van der Waals surface area contributed by atoms with Crippen molar-refractivity contribution in [3.05, 3.63) is 88.5 Å². The number of carbonyl (C=O) groups is 2. The van der Waals surface area contributed by atoms with Crippen LogP contribution in [-0.2, 0) is 35.4 Å². The second-order valence-electron chi connectivity index (χ2n) is 8.74. The Morgan fingerprint density at radius 3 is 2.30 bits per heavy atom. The Morgan fingerprint density at radius 1 is 1.00 bits per heavy atom. The lowest BCUT2D eigenvalue weighted by Gasteiger charge is -2.29. The molecule has 3 aromatic carbocycles. The Hall–Kier alpha value is -3.60. The average molecular weight is 444 g/mol. The van der Waals surface area contributed by atoms with Crippen molar-refractivity contribution >= 4 is 11.9 Å². The summed E-state index contributed by atoms with van der Waals surface area (Å²) in [5.74, 6) is -0.150. The summed E-state index contributed by atoms with van der Waals surface area (Å²) in [5.41, 5.74) is 7.23. The Balaban J connectivity index is 1.72. The van der Waals surface area contributed by atoms with Crippen molar-refractivity contribution in [2.45, 2.75) is 45.7 Å². The molecule has 1 aliphatic carbocycles. The molecule has 0 aromatic heterocycles. The quantitative estimate of drug-likeness (QED) is 0.569. The largest absolute Gasteiger partial charge is 0.496 e. The number of hydrogen-bond donors (Lipinski definition) is 1. The van der Waals surface area contributed by atoms with Gasteiger partial charge in [-0.15, -0.1) is 0 Å². The highest BCUT2D eigenvalue weighted by Crippen LogP contribution is 2.35. The van der Waals surface area contributed by atoms with Crippen LogP contribution in [0.5, 0.6) is 5.75 Å². The maximum absolute atomic E-state index is 12.8. The van der Waals surface area contributed by atoms with Gasteiger partial charge in [-0.1, -0.05) is 54.1 Å². The topological polar surface area (TPSA) is 66.8 Å². The Morgan fingerprint density at radius 2 is 1.70 bits per heavy atom. The third-order valence-electron chi connectivity index (χ3n) is 6.39. The molecule has 0 aliphatic heterocycles. The van der Waals surface area contributed by atoms with Crippen LogP contribution in [0.2, 0.25) is 0 Å². The van der Waals surface area contributed by atoms with E-state index in [1.165, 1.54) is 11.1 Å². The van der Waals surface area contributed by atoms with E-state index < -0.39 is 5.97 Å². The van der Waals surface area contributed by atoms with E-state index in [0.717, 1.165) is 35.1 Å². The minimum Gasteiger partial charge on any atom is -0.496 e. The van der Waals surface area contributed by atoms with Crippen LogP contribution < -0.4 is 4.74 Å². The van der Waals surface area contributed by atoms with Gasteiger partial charge in [-0.25, -0.2) is 0 Å². The molecule has 0 atom stereocenters. The molecule has 5 nitrogen and oxygen atoms in total. The van der Waals surface area contributed by atoms with Gasteiger partial charge in [-0.3, -0.25) is 9.59 Å². The number of carboxylic acid groups (broad SMARTS) is 1. The van der Waals surface area contributed by atoms with E-state index in [2.05, 4.69) is 18.2 Å². The van der Waals surface area contributed by atoms with Crippen molar-refractivity contribution in [2.24, 2.45) is 0 Å². The van der Waals surface area contributed by atoms with E-state index in [9.17, 15) is 14.7 Å². The molecule has 0 saturated carbocycles. The third-order valence-corrected chi connectivity index (χ3v) is 6.39. The zero-order chi connectivity index (χ0) is 23.5. The summed E-state index contributed by atoms with van der Waals surface area (Å²) in [5, 5.41) is 9.25. The zero-order valence-corrected chi connectivity index (χ0v) is 19.3. The molecule has 33 heavy (non-hydrogen) atoms. The highest BCUT2D eigenvalue weighted by molar-refractivity contribution is 5.78. The number of hydrogen-bond acceptors (Lipinski definition) is 3. The van der Waals surface area contributed by atoms with Gasteiger partial charge < -0.3 is 14.7 Å². The molecule has 3 aromatic rings. The number of methoxy groups -OCH3 is 1. The van der Waals surface area contributed by atoms with E-state index in [4.69, 9.17) is 4.74 Å². The summed E-state index contributed by atoms with van der Waals surface area (Å²) in [7, 11) is 1.61. The van der Waals surface area contributed by atoms with Crippen molar-refractivity contribution < 1.29 is 19.4 Å². The first-order valence-electron chi connectivity index (χ1n) is 11.2. The molecule has 5 heteroatoms. The lowest BCUT2D eigenvalue weighted by atomic mass is 9.94. The second kappa shape index (κ2) is 9.49.